The number of aromatic nitrogens is 2. The molecule has 0 radical (unpaired) electrons. The molecule has 3 N–H and O–H groups in total. The van der Waals surface area contributed by atoms with Crippen molar-refractivity contribution < 1.29 is 14.4 Å². The van der Waals surface area contributed by atoms with Gasteiger partial charge in [0.1, 0.15) is 0 Å². The van der Waals surface area contributed by atoms with Crippen molar-refractivity contribution in [2.45, 2.75) is 17.7 Å². The van der Waals surface area contributed by atoms with Gasteiger partial charge in [-0.1, -0.05) is 59.5 Å². The molecule has 0 spiro atoms. The smallest absolute Gasteiger partial charge is 0.234 e. The lowest BCUT2D eigenvalue weighted by atomic mass is 10.1. The molecule has 3 aromatic rings. The highest BCUT2D eigenvalue weighted by Gasteiger charge is 2.11. The minimum absolute atomic E-state index is 0.136. The lowest BCUT2D eigenvalue weighted by Gasteiger charge is -2.07. The van der Waals surface area contributed by atoms with Gasteiger partial charge in [-0.15, -0.1) is 10.2 Å². The molecule has 1 heterocycles. The maximum absolute atomic E-state index is 12.2. The summed E-state index contributed by atoms with van der Waals surface area (Å²) in [6, 6.07) is 16.3. The number of rotatable bonds is 8. The van der Waals surface area contributed by atoms with Crippen LogP contribution in [0.15, 0.2) is 58.9 Å². The summed E-state index contributed by atoms with van der Waals surface area (Å²) in [4.78, 5) is 35.4. The van der Waals surface area contributed by atoms with Gasteiger partial charge in [-0.2, -0.15) is 0 Å². The number of nitrogens with zero attached hydrogens (tertiary/aromatic N) is 2. The Labute approximate surface area is 181 Å². The number of hydrogen-bond donors (Lipinski definition) is 3. The zero-order valence-electron chi connectivity index (χ0n) is 16.0. The molecule has 0 aliphatic heterocycles. The molecule has 3 rings (SSSR count). The van der Waals surface area contributed by atoms with Crippen LogP contribution >= 0.6 is 23.1 Å². The van der Waals surface area contributed by atoms with Gasteiger partial charge in [-0.25, -0.2) is 0 Å². The van der Waals surface area contributed by atoms with E-state index >= 15 is 0 Å². The number of carbonyl (C=O) groups excluding carboxylic acids is 3. The van der Waals surface area contributed by atoms with Crippen LogP contribution in [0.3, 0.4) is 0 Å². The summed E-state index contributed by atoms with van der Waals surface area (Å²) in [5, 5.41) is 16.5. The highest BCUT2D eigenvalue weighted by atomic mass is 32.2. The Morgan fingerprint density at radius 2 is 1.63 bits per heavy atom. The first kappa shape index (κ1) is 21.5. The predicted octanol–water partition coefficient (Wildman–Crippen LogP) is 3.41. The van der Waals surface area contributed by atoms with E-state index in [1.807, 2.05) is 30.3 Å². The molecule has 0 aliphatic carbocycles. The van der Waals surface area contributed by atoms with Crippen LogP contribution in [0.2, 0.25) is 0 Å². The molecule has 8 nitrogen and oxygen atoms in total. The van der Waals surface area contributed by atoms with Crippen LogP contribution in [0.1, 0.15) is 12.5 Å². The quantitative estimate of drug-likeness (QED) is 0.365. The van der Waals surface area contributed by atoms with Crippen molar-refractivity contribution in [3.8, 4) is 0 Å². The summed E-state index contributed by atoms with van der Waals surface area (Å²) in [5.41, 5.74) is 2.10. The second-order valence-corrected chi connectivity index (χ2v) is 8.38. The molecule has 0 aliphatic rings. The zero-order chi connectivity index (χ0) is 21.3. The number of hydrogen-bond acceptors (Lipinski definition) is 7. The first-order valence-corrected chi connectivity index (χ1v) is 10.8. The topological polar surface area (TPSA) is 113 Å². The Kier molecular flexibility index (Phi) is 7.52. The van der Waals surface area contributed by atoms with Crippen molar-refractivity contribution in [3.63, 3.8) is 0 Å². The van der Waals surface area contributed by atoms with Gasteiger partial charge in [0, 0.05) is 18.3 Å². The molecule has 30 heavy (non-hydrogen) atoms. The first-order valence-electron chi connectivity index (χ1n) is 8.95. The largest absolute Gasteiger partial charge is 0.326 e. The summed E-state index contributed by atoms with van der Waals surface area (Å²) in [5.74, 6) is -0.441. The molecule has 1 aromatic heterocycles. The average Bonchev–Trinajstić information content (AvgIpc) is 3.14. The summed E-state index contributed by atoms with van der Waals surface area (Å²) < 4.78 is 0.576. The van der Waals surface area contributed by atoms with Crippen LogP contribution in [-0.4, -0.2) is 33.7 Å². The highest BCUT2D eigenvalue weighted by Crippen LogP contribution is 2.26. The normalized spacial score (nSPS) is 10.3. The van der Waals surface area contributed by atoms with E-state index in [1.165, 1.54) is 30.0 Å². The average molecular weight is 442 g/mol. The molecule has 154 valence electrons. The fourth-order valence-corrected chi connectivity index (χ4v) is 4.03. The standard InChI is InChI=1S/C20H19N5O3S2/c1-13(26)21-15-8-5-9-16(11-15)22-18(28)12-29-20-25-24-19(30-20)23-17(27)10-14-6-3-2-4-7-14/h2-9,11H,10,12H2,1H3,(H,21,26)(H,22,28)(H,23,24,27). The van der Waals surface area contributed by atoms with Gasteiger partial charge in [-0.05, 0) is 23.8 Å². The van der Waals surface area contributed by atoms with Crippen LogP contribution < -0.4 is 16.0 Å². The van der Waals surface area contributed by atoms with Crippen molar-refractivity contribution in [3.05, 3.63) is 60.2 Å². The van der Waals surface area contributed by atoms with Gasteiger partial charge < -0.3 is 16.0 Å². The second kappa shape index (κ2) is 10.5. The maximum atomic E-state index is 12.2. The van der Waals surface area contributed by atoms with Crippen LogP contribution in [-0.2, 0) is 20.8 Å². The second-order valence-electron chi connectivity index (χ2n) is 6.18. The third-order valence-electron chi connectivity index (χ3n) is 3.65. The Morgan fingerprint density at radius 3 is 2.37 bits per heavy atom. The maximum Gasteiger partial charge on any atom is 0.234 e. The van der Waals surface area contributed by atoms with E-state index in [1.54, 1.807) is 24.3 Å². The van der Waals surface area contributed by atoms with Gasteiger partial charge in [0.05, 0.1) is 12.2 Å². The fraction of sp³-hybridized carbons (Fsp3) is 0.150. The van der Waals surface area contributed by atoms with Crippen molar-refractivity contribution >= 4 is 57.3 Å². The molecule has 10 heteroatoms. The van der Waals surface area contributed by atoms with E-state index in [4.69, 9.17) is 0 Å². The monoisotopic (exact) mass is 441 g/mol. The van der Waals surface area contributed by atoms with Gasteiger partial charge >= 0.3 is 0 Å². The van der Waals surface area contributed by atoms with E-state index < -0.39 is 0 Å². The van der Waals surface area contributed by atoms with Gasteiger partial charge in [0.15, 0.2) is 4.34 Å². The molecule has 0 unspecified atom stereocenters. The molecule has 0 atom stereocenters. The number of amides is 3. The van der Waals surface area contributed by atoms with Crippen LogP contribution in [0.25, 0.3) is 0 Å². The summed E-state index contributed by atoms with van der Waals surface area (Å²) in [6.07, 6.45) is 0.253. The van der Waals surface area contributed by atoms with Gasteiger partial charge in [-0.3, -0.25) is 14.4 Å². The van der Waals surface area contributed by atoms with Crippen molar-refractivity contribution in [2.75, 3.05) is 21.7 Å². The minimum atomic E-state index is -0.218. The van der Waals surface area contributed by atoms with E-state index in [2.05, 4.69) is 26.1 Å². The molecule has 0 saturated carbocycles. The zero-order valence-corrected chi connectivity index (χ0v) is 17.7. The first-order chi connectivity index (χ1) is 14.5. The molecule has 2 aromatic carbocycles. The minimum Gasteiger partial charge on any atom is -0.326 e. The number of nitrogens with one attached hydrogen (secondary N) is 3. The molecule has 3 amide bonds. The number of benzene rings is 2. The molecule has 0 bridgehead atoms. The Bertz CT molecular complexity index is 1040. The van der Waals surface area contributed by atoms with Crippen LogP contribution in [0.4, 0.5) is 16.5 Å². The van der Waals surface area contributed by atoms with E-state index in [0.29, 0.717) is 20.8 Å². The number of thioether (sulfide) groups is 1. The van der Waals surface area contributed by atoms with Crippen LogP contribution in [0, 0.1) is 0 Å². The molecule has 0 saturated heterocycles. The Morgan fingerprint density at radius 1 is 0.900 bits per heavy atom. The predicted molar refractivity (Wildman–Crippen MR) is 119 cm³/mol. The van der Waals surface area contributed by atoms with Crippen molar-refractivity contribution in [1.82, 2.24) is 10.2 Å². The molecular weight excluding hydrogens is 422 g/mol. The number of carbonyl (C=O) groups is 3. The van der Waals surface area contributed by atoms with E-state index in [-0.39, 0.29) is 29.9 Å². The summed E-state index contributed by atoms with van der Waals surface area (Å²) in [6.45, 7) is 1.42. The van der Waals surface area contributed by atoms with Gasteiger partial charge in [0.2, 0.25) is 22.9 Å². The van der Waals surface area contributed by atoms with Gasteiger partial charge in [0.25, 0.3) is 0 Å². The number of anilines is 3. The lowest BCUT2D eigenvalue weighted by Crippen LogP contribution is -2.14. The molecular formula is C20H19N5O3S2. The SMILES string of the molecule is CC(=O)Nc1cccc(NC(=O)CSc2nnc(NC(=O)Cc3ccccc3)s2)c1. The lowest BCUT2D eigenvalue weighted by molar-refractivity contribution is -0.116. The third-order valence-corrected chi connectivity index (χ3v) is 5.63. The summed E-state index contributed by atoms with van der Waals surface area (Å²) >= 11 is 2.44. The Balaban J connectivity index is 1.46. The van der Waals surface area contributed by atoms with Crippen molar-refractivity contribution in [1.29, 1.82) is 0 Å². The fourth-order valence-electron chi connectivity index (χ4n) is 2.47. The highest BCUT2D eigenvalue weighted by molar-refractivity contribution is 8.01. The third kappa shape index (κ3) is 6.98. The molecule has 0 fully saturated rings. The van der Waals surface area contributed by atoms with E-state index in [0.717, 1.165) is 5.56 Å². The van der Waals surface area contributed by atoms with Crippen molar-refractivity contribution in [2.24, 2.45) is 0 Å². The summed E-state index contributed by atoms with van der Waals surface area (Å²) in [7, 11) is 0. The van der Waals surface area contributed by atoms with Crippen LogP contribution in [0.5, 0.6) is 0 Å². The Hall–Kier alpha value is -3.24. The van der Waals surface area contributed by atoms with E-state index in [9.17, 15) is 14.4 Å².